The van der Waals surface area contributed by atoms with Crippen molar-refractivity contribution < 1.29 is 4.79 Å². The summed E-state index contributed by atoms with van der Waals surface area (Å²) in [5, 5.41) is 15.4. The van der Waals surface area contributed by atoms with Crippen molar-refractivity contribution in [3.63, 3.8) is 0 Å². The first-order valence-corrected chi connectivity index (χ1v) is 6.23. The van der Waals surface area contributed by atoms with Crippen LogP contribution in [0.2, 0.25) is 0 Å². The lowest BCUT2D eigenvalue weighted by Gasteiger charge is -2.21. The van der Waals surface area contributed by atoms with Crippen molar-refractivity contribution in [3.8, 4) is 6.07 Å². The van der Waals surface area contributed by atoms with Gasteiger partial charge in [-0.2, -0.15) is 10.4 Å². The van der Waals surface area contributed by atoms with Crippen molar-refractivity contribution in [1.29, 1.82) is 5.26 Å². The van der Waals surface area contributed by atoms with Crippen LogP contribution in [-0.2, 0) is 6.54 Å². The summed E-state index contributed by atoms with van der Waals surface area (Å²) >= 11 is 0. The lowest BCUT2D eigenvalue weighted by Crippen LogP contribution is -2.31. The van der Waals surface area contributed by atoms with Crippen LogP contribution in [0.4, 0.5) is 5.69 Å². The Kier molecular flexibility index (Phi) is 4.01. The van der Waals surface area contributed by atoms with Gasteiger partial charge >= 0.3 is 0 Å². The van der Waals surface area contributed by atoms with Crippen LogP contribution in [0, 0.1) is 11.3 Å². The molecule has 1 amide bonds. The number of carbonyl (C=O) groups is 1. The summed E-state index contributed by atoms with van der Waals surface area (Å²) in [6.07, 6.45) is 1.41. The van der Waals surface area contributed by atoms with Crippen LogP contribution in [-0.4, -0.2) is 27.5 Å². The predicted octanol–water partition coefficient (Wildman–Crippen LogP) is 1.53. The normalized spacial score (nSPS) is 10.0. The summed E-state index contributed by atoms with van der Waals surface area (Å²) in [6, 6.07) is 9.34. The maximum Gasteiger partial charge on any atom is 0.274 e. The van der Waals surface area contributed by atoms with E-state index in [0.717, 1.165) is 5.56 Å². The van der Waals surface area contributed by atoms with E-state index < -0.39 is 0 Å². The number of hydrogen-bond donors (Lipinski definition) is 2. The molecule has 0 aliphatic carbocycles. The first kappa shape index (κ1) is 13.6. The molecule has 3 N–H and O–H groups in total. The molecule has 2 aromatic rings. The molecule has 0 radical (unpaired) electrons. The fourth-order valence-electron chi connectivity index (χ4n) is 1.92. The van der Waals surface area contributed by atoms with Gasteiger partial charge < -0.3 is 10.6 Å². The number of nitrogen functional groups attached to an aromatic ring is 1. The number of hydrogen-bond acceptors (Lipinski definition) is 4. The molecule has 0 bridgehead atoms. The van der Waals surface area contributed by atoms with Crippen LogP contribution in [0.3, 0.4) is 0 Å². The first-order valence-electron chi connectivity index (χ1n) is 6.23. The quantitative estimate of drug-likeness (QED) is 0.879. The molecule has 0 aliphatic rings. The molecule has 0 atom stereocenters. The van der Waals surface area contributed by atoms with Gasteiger partial charge in [-0.15, -0.1) is 0 Å². The van der Waals surface area contributed by atoms with Gasteiger partial charge in [0.05, 0.1) is 23.5 Å². The molecule has 1 aromatic heterocycles. The van der Waals surface area contributed by atoms with E-state index in [4.69, 9.17) is 11.0 Å². The van der Waals surface area contributed by atoms with Crippen molar-refractivity contribution in [2.24, 2.45) is 0 Å². The van der Waals surface area contributed by atoms with E-state index in [1.165, 1.54) is 6.20 Å². The number of nitrogens with two attached hydrogens (primary N) is 1. The van der Waals surface area contributed by atoms with Gasteiger partial charge in [0.2, 0.25) is 0 Å². The van der Waals surface area contributed by atoms with Crippen LogP contribution in [0.5, 0.6) is 0 Å². The first-order chi connectivity index (χ1) is 9.67. The number of aromatic amines is 1. The lowest BCUT2D eigenvalue weighted by atomic mass is 10.1. The van der Waals surface area contributed by atoms with Crippen LogP contribution < -0.4 is 5.73 Å². The molecular weight excluding hydrogens is 254 g/mol. The number of amides is 1. The molecule has 0 aliphatic heterocycles. The molecule has 0 saturated heterocycles. The summed E-state index contributed by atoms with van der Waals surface area (Å²) in [4.78, 5) is 14.0. The Labute approximate surface area is 116 Å². The Morgan fingerprint density at radius 2 is 2.25 bits per heavy atom. The zero-order valence-electron chi connectivity index (χ0n) is 11.1. The molecule has 0 saturated carbocycles. The third-order valence-corrected chi connectivity index (χ3v) is 3.05. The van der Waals surface area contributed by atoms with Crippen LogP contribution >= 0.6 is 0 Å². The predicted molar refractivity (Wildman–Crippen MR) is 74.6 cm³/mol. The number of nitriles is 1. The molecular formula is C14H15N5O. The minimum atomic E-state index is -0.227. The zero-order chi connectivity index (χ0) is 14.5. The monoisotopic (exact) mass is 269 g/mol. The summed E-state index contributed by atoms with van der Waals surface area (Å²) in [5.74, 6) is -0.227. The molecule has 1 heterocycles. The van der Waals surface area contributed by atoms with Crippen molar-refractivity contribution >= 4 is 11.6 Å². The molecule has 6 nitrogen and oxygen atoms in total. The van der Waals surface area contributed by atoms with Gasteiger partial charge in [-0.3, -0.25) is 9.89 Å². The third kappa shape index (κ3) is 2.62. The number of H-pyrrole nitrogens is 1. The van der Waals surface area contributed by atoms with Gasteiger partial charge in [0.15, 0.2) is 0 Å². The topological polar surface area (TPSA) is 98.8 Å². The van der Waals surface area contributed by atoms with Gasteiger partial charge in [-0.25, -0.2) is 0 Å². The largest absolute Gasteiger partial charge is 0.396 e. The molecule has 2 rings (SSSR count). The van der Waals surface area contributed by atoms with E-state index in [9.17, 15) is 4.79 Å². The van der Waals surface area contributed by atoms with Crippen LogP contribution in [0.1, 0.15) is 28.5 Å². The maximum absolute atomic E-state index is 12.4. The molecule has 0 unspecified atom stereocenters. The smallest absolute Gasteiger partial charge is 0.274 e. The highest BCUT2D eigenvalue weighted by Gasteiger charge is 2.19. The Morgan fingerprint density at radius 3 is 2.85 bits per heavy atom. The second kappa shape index (κ2) is 5.89. The van der Waals surface area contributed by atoms with Crippen LogP contribution in [0.15, 0.2) is 30.5 Å². The number of benzene rings is 1. The minimum Gasteiger partial charge on any atom is -0.396 e. The summed E-state index contributed by atoms with van der Waals surface area (Å²) in [7, 11) is 0. The fraction of sp³-hybridized carbons (Fsp3) is 0.214. The molecule has 0 spiro atoms. The summed E-state index contributed by atoms with van der Waals surface area (Å²) < 4.78 is 0. The number of nitrogens with zero attached hydrogens (tertiary/aromatic N) is 3. The average molecular weight is 269 g/mol. The zero-order valence-corrected chi connectivity index (χ0v) is 11.1. The van der Waals surface area contributed by atoms with E-state index in [1.54, 1.807) is 17.0 Å². The van der Waals surface area contributed by atoms with E-state index in [2.05, 4.69) is 16.3 Å². The third-order valence-electron chi connectivity index (χ3n) is 3.05. The van der Waals surface area contributed by atoms with E-state index in [0.29, 0.717) is 24.3 Å². The van der Waals surface area contributed by atoms with Crippen molar-refractivity contribution in [2.45, 2.75) is 13.5 Å². The molecule has 0 fully saturated rings. The van der Waals surface area contributed by atoms with Gasteiger partial charge in [0.1, 0.15) is 5.69 Å². The van der Waals surface area contributed by atoms with E-state index >= 15 is 0 Å². The Hall–Kier alpha value is -2.81. The number of carbonyl (C=O) groups excluding carboxylic acids is 1. The van der Waals surface area contributed by atoms with Gasteiger partial charge in [0.25, 0.3) is 5.91 Å². The summed E-state index contributed by atoms with van der Waals surface area (Å²) in [5.41, 5.74) is 7.66. The van der Waals surface area contributed by atoms with Gasteiger partial charge in [-0.1, -0.05) is 18.2 Å². The molecule has 102 valence electrons. The number of rotatable bonds is 4. The van der Waals surface area contributed by atoms with Crippen molar-refractivity contribution in [2.75, 3.05) is 12.3 Å². The van der Waals surface area contributed by atoms with Crippen LogP contribution in [0.25, 0.3) is 0 Å². The number of aromatic nitrogens is 2. The Bertz CT molecular complexity index is 656. The highest BCUT2D eigenvalue weighted by Crippen LogP contribution is 2.15. The number of anilines is 1. The maximum atomic E-state index is 12.4. The molecule has 1 aromatic carbocycles. The minimum absolute atomic E-state index is 0.227. The average Bonchev–Trinajstić information content (AvgIpc) is 2.90. The Balaban J connectivity index is 2.24. The second-order valence-electron chi connectivity index (χ2n) is 4.29. The molecule has 20 heavy (non-hydrogen) atoms. The summed E-state index contributed by atoms with van der Waals surface area (Å²) in [6.45, 7) is 2.74. The fourth-order valence-corrected chi connectivity index (χ4v) is 1.92. The highest BCUT2D eigenvalue weighted by atomic mass is 16.2. The van der Waals surface area contributed by atoms with Crippen molar-refractivity contribution in [1.82, 2.24) is 15.1 Å². The van der Waals surface area contributed by atoms with E-state index in [1.807, 2.05) is 19.1 Å². The second-order valence-corrected chi connectivity index (χ2v) is 4.29. The standard InChI is InChI=1S/C14H15N5O/c1-2-19(14(20)13-12(16)8-17-18-13)9-11-6-4-3-5-10(11)7-15/h3-6,8H,2,9,16H2,1H3,(H,17,18). The van der Waals surface area contributed by atoms with Gasteiger partial charge in [0, 0.05) is 13.1 Å². The highest BCUT2D eigenvalue weighted by molar-refractivity contribution is 5.96. The van der Waals surface area contributed by atoms with E-state index in [-0.39, 0.29) is 11.6 Å². The van der Waals surface area contributed by atoms with Gasteiger partial charge in [-0.05, 0) is 18.6 Å². The number of nitrogens with one attached hydrogen (secondary N) is 1. The molecule has 6 heteroatoms. The van der Waals surface area contributed by atoms with Crippen molar-refractivity contribution in [3.05, 3.63) is 47.3 Å². The SMILES string of the molecule is CCN(Cc1ccccc1C#N)C(=O)c1[nH]ncc1N. The lowest BCUT2D eigenvalue weighted by molar-refractivity contribution is 0.0747. The Morgan fingerprint density at radius 1 is 1.50 bits per heavy atom.